The number of fused-ring (bicyclic) bond motifs is 1. The highest BCUT2D eigenvalue weighted by molar-refractivity contribution is 5.85. The first-order valence-corrected chi connectivity index (χ1v) is 6.64. The maximum absolute atomic E-state index is 3.67. The third-order valence-electron chi connectivity index (χ3n) is 3.94. The lowest BCUT2D eigenvalue weighted by molar-refractivity contribution is 0.563. The molecule has 1 aliphatic heterocycles. The fourth-order valence-electron chi connectivity index (χ4n) is 3.04. The van der Waals surface area contributed by atoms with Crippen molar-refractivity contribution in [3.63, 3.8) is 0 Å². The minimum absolute atomic E-state index is 0. The Kier molecular flexibility index (Phi) is 4.28. The third kappa shape index (κ3) is 2.54. The van der Waals surface area contributed by atoms with E-state index >= 15 is 0 Å². The number of benzene rings is 2. The normalized spacial score (nSPS) is 17.5. The highest BCUT2D eigenvalue weighted by Crippen LogP contribution is 2.32. The van der Waals surface area contributed by atoms with Crippen LogP contribution in [0.5, 0.6) is 0 Å². The number of hydrogen-bond donors (Lipinski definition) is 1. The van der Waals surface area contributed by atoms with E-state index in [2.05, 4.69) is 61.6 Å². The van der Waals surface area contributed by atoms with Gasteiger partial charge in [0, 0.05) is 6.54 Å². The first-order valence-electron chi connectivity index (χ1n) is 6.64. The summed E-state index contributed by atoms with van der Waals surface area (Å²) in [7, 11) is 0. The van der Waals surface area contributed by atoms with Gasteiger partial charge in [-0.3, -0.25) is 0 Å². The average molecular weight is 274 g/mol. The maximum Gasteiger partial charge on any atom is 0.0584 e. The van der Waals surface area contributed by atoms with Crippen molar-refractivity contribution in [3.8, 4) is 0 Å². The van der Waals surface area contributed by atoms with Crippen LogP contribution in [0.25, 0.3) is 0 Å². The molecule has 0 saturated carbocycles. The van der Waals surface area contributed by atoms with Crippen molar-refractivity contribution in [2.75, 3.05) is 6.54 Å². The Labute approximate surface area is 121 Å². The summed E-state index contributed by atoms with van der Waals surface area (Å²) < 4.78 is 0. The zero-order chi connectivity index (χ0) is 12.5. The van der Waals surface area contributed by atoms with Crippen molar-refractivity contribution in [3.05, 3.63) is 70.3 Å². The van der Waals surface area contributed by atoms with Gasteiger partial charge in [0.2, 0.25) is 0 Å². The van der Waals surface area contributed by atoms with E-state index in [1.807, 2.05) is 0 Å². The standard InChI is InChI=1S/C17H19N.ClH/c1-12-6-5-7-13(2)16(12)17-15-9-4-3-8-14(15)10-11-18-17;/h3-9,17-18H,10-11H2,1-2H3;1H. The molecule has 0 radical (unpaired) electrons. The largest absolute Gasteiger partial charge is 0.306 e. The van der Waals surface area contributed by atoms with Crippen LogP contribution in [0.15, 0.2) is 42.5 Å². The van der Waals surface area contributed by atoms with E-state index < -0.39 is 0 Å². The van der Waals surface area contributed by atoms with Crippen LogP contribution in [0.1, 0.15) is 33.9 Å². The van der Waals surface area contributed by atoms with Crippen LogP contribution in [0.2, 0.25) is 0 Å². The highest BCUT2D eigenvalue weighted by Gasteiger charge is 2.23. The first-order chi connectivity index (χ1) is 8.77. The van der Waals surface area contributed by atoms with Gasteiger partial charge < -0.3 is 5.32 Å². The molecular weight excluding hydrogens is 254 g/mol. The van der Waals surface area contributed by atoms with Crippen LogP contribution in [-0.4, -0.2) is 6.54 Å². The molecule has 2 heteroatoms. The lowest BCUT2D eigenvalue weighted by atomic mass is 9.86. The van der Waals surface area contributed by atoms with E-state index in [1.54, 1.807) is 0 Å². The molecule has 19 heavy (non-hydrogen) atoms. The van der Waals surface area contributed by atoms with Crippen molar-refractivity contribution >= 4 is 12.4 Å². The molecular formula is C17H20ClN. The molecule has 0 aromatic heterocycles. The van der Waals surface area contributed by atoms with E-state index in [9.17, 15) is 0 Å². The van der Waals surface area contributed by atoms with Gasteiger partial charge in [0.1, 0.15) is 0 Å². The fourth-order valence-corrected chi connectivity index (χ4v) is 3.04. The Morgan fingerprint density at radius 1 is 0.947 bits per heavy atom. The predicted octanol–water partition coefficient (Wildman–Crippen LogP) is 3.96. The van der Waals surface area contributed by atoms with Gasteiger partial charge in [0.15, 0.2) is 0 Å². The lowest BCUT2D eigenvalue weighted by Crippen LogP contribution is -2.31. The topological polar surface area (TPSA) is 12.0 Å². The van der Waals surface area contributed by atoms with Crippen molar-refractivity contribution < 1.29 is 0 Å². The molecule has 2 aromatic rings. The smallest absolute Gasteiger partial charge is 0.0584 e. The maximum atomic E-state index is 3.67. The summed E-state index contributed by atoms with van der Waals surface area (Å²) in [5.74, 6) is 0. The van der Waals surface area contributed by atoms with Crippen LogP contribution in [-0.2, 0) is 6.42 Å². The van der Waals surface area contributed by atoms with Crippen molar-refractivity contribution in [2.45, 2.75) is 26.3 Å². The van der Waals surface area contributed by atoms with E-state index in [-0.39, 0.29) is 12.4 Å². The first kappa shape index (κ1) is 14.1. The molecule has 1 unspecified atom stereocenters. The van der Waals surface area contributed by atoms with Crippen LogP contribution in [0.4, 0.5) is 0 Å². The fraction of sp³-hybridized carbons (Fsp3) is 0.294. The molecule has 1 nitrogen and oxygen atoms in total. The molecule has 1 atom stereocenters. The SMILES string of the molecule is Cc1cccc(C)c1C1NCCc2ccccc21.Cl. The quantitative estimate of drug-likeness (QED) is 0.829. The van der Waals surface area contributed by atoms with E-state index in [0.29, 0.717) is 6.04 Å². The molecule has 0 spiro atoms. The molecule has 3 rings (SSSR count). The monoisotopic (exact) mass is 273 g/mol. The minimum Gasteiger partial charge on any atom is -0.306 e. The van der Waals surface area contributed by atoms with Crippen LogP contribution >= 0.6 is 12.4 Å². The van der Waals surface area contributed by atoms with E-state index in [4.69, 9.17) is 0 Å². The minimum atomic E-state index is 0. The second-order valence-electron chi connectivity index (χ2n) is 5.14. The second-order valence-corrected chi connectivity index (χ2v) is 5.14. The van der Waals surface area contributed by atoms with Gasteiger partial charge in [0.25, 0.3) is 0 Å². The van der Waals surface area contributed by atoms with Gasteiger partial charge in [-0.1, -0.05) is 42.5 Å². The molecule has 1 aliphatic rings. The molecule has 2 aromatic carbocycles. The Bertz CT molecular complexity index is 557. The molecule has 0 aliphatic carbocycles. The van der Waals surface area contributed by atoms with E-state index in [1.165, 1.54) is 27.8 Å². The van der Waals surface area contributed by atoms with Gasteiger partial charge in [-0.25, -0.2) is 0 Å². The molecule has 0 fully saturated rings. The molecule has 100 valence electrons. The van der Waals surface area contributed by atoms with Gasteiger partial charge in [-0.15, -0.1) is 12.4 Å². The Hall–Kier alpha value is -1.31. The Morgan fingerprint density at radius 2 is 1.63 bits per heavy atom. The molecule has 0 amide bonds. The average Bonchev–Trinajstić information content (AvgIpc) is 2.39. The lowest BCUT2D eigenvalue weighted by Gasteiger charge is -2.29. The van der Waals surface area contributed by atoms with E-state index in [0.717, 1.165) is 13.0 Å². The zero-order valence-electron chi connectivity index (χ0n) is 11.4. The summed E-state index contributed by atoms with van der Waals surface area (Å²) in [4.78, 5) is 0. The van der Waals surface area contributed by atoms with Crippen LogP contribution in [0, 0.1) is 13.8 Å². The van der Waals surface area contributed by atoms with Gasteiger partial charge in [0.05, 0.1) is 6.04 Å². The summed E-state index contributed by atoms with van der Waals surface area (Å²) >= 11 is 0. The third-order valence-corrected chi connectivity index (χ3v) is 3.94. The van der Waals surface area contributed by atoms with Crippen LogP contribution in [0.3, 0.4) is 0 Å². The molecule has 1 N–H and O–H groups in total. The van der Waals surface area contributed by atoms with Crippen molar-refractivity contribution in [2.24, 2.45) is 0 Å². The summed E-state index contributed by atoms with van der Waals surface area (Å²) in [6.45, 7) is 5.48. The molecule has 1 heterocycles. The summed E-state index contributed by atoms with van der Waals surface area (Å²) in [5.41, 5.74) is 7.14. The number of rotatable bonds is 1. The predicted molar refractivity (Wildman–Crippen MR) is 83.2 cm³/mol. The summed E-state index contributed by atoms with van der Waals surface area (Å²) in [5, 5.41) is 3.67. The van der Waals surface area contributed by atoms with Gasteiger partial charge in [-0.05, 0) is 48.1 Å². The highest BCUT2D eigenvalue weighted by atomic mass is 35.5. The number of hydrogen-bond acceptors (Lipinski definition) is 1. The number of nitrogens with one attached hydrogen (secondary N) is 1. The Balaban J connectivity index is 0.00000133. The second kappa shape index (κ2) is 5.77. The van der Waals surface area contributed by atoms with Crippen molar-refractivity contribution in [1.29, 1.82) is 0 Å². The number of halogens is 1. The van der Waals surface area contributed by atoms with Crippen LogP contribution < -0.4 is 5.32 Å². The number of aryl methyl sites for hydroxylation is 2. The zero-order valence-corrected chi connectivity index (χ0v) is 12.3. The van der Waals surface area contributed by atoms with Gasteiger partial charge >= 0.3 is 0 Å². The molecule has 0 saturated heterocycles. The molecule has 0 bridgehead atoms. The summed E-state index contributed by atoms with van der Waals surface area (Å²) in [6, 6.07) is 15.7. The Morgan fingerprint density at radius 3 is 2.37 bits per heavy atom. The summed E-state index contributed by atoms with van der Waals surface area (Å²) in [6.07, 6.45) is 1.14. The van der Waals surface area contributed by atoms with Gasteiger partial charge in [-0.2, -0.15) is 0 Å². The van der Waals surface area contributed by atoms with Crippen molar-refractivity contribution in [1.82, 2.24) is 5.32 Å².